The molecule has 0 unspecified atom stereocenters. The van der Waals surface area contributed by atoms with E-state index in [9.17, 15) is 14.7 Å². The van der Waals surface area contributed by atoms with Crippen LogP contribution < -0.4 is 0 Å². The number of aliphatic hydroxyl groups is 1. The van der Waals surface area contributed by atoms with E-state index < -0.39 is 5.41 Å². The smallest absolute Gasteiger partial charge is 0.257 e. The van der Waals surface area contributed by atoms with Crippen molar-refractivity contribution in [3.05, 3.63) is 59.2 Å². The molecule has 2 amide bonds. The van der Waals surface area contributed by atoms with Crippen molar-refractivity contribution in [2.45, 2.75) is 39.5 Å². The molecule has 8 heteroatoms. The highest BCUT2D eigenvalue weighted by molar-refractivity contribution is 5.96. The van der Waals surface area contributed by atoms with Gasteiger partial charge in [0.25, 0.3) is 5.91 Å². The molecule has 3 fully saturated rings. The van der Waals surface area contributed by atoms with Crippen molar-refractivity contribution >= 4 is 11.8 Å². The van der Waals surface area contributed by atoms with Gasteiger partial charge in [0.1, 0.15) is 6.33 Å². The summed E-state index contributed by atoms with van der Waals surface area (Å²) >= 11 is 0. The van der Waals surface area contributed by atoms with Gasteiger partial charge in [-0.2, -0.15) is 0 Å². The van der Waals surface area contributed by atoms with Gasteiger partial charge in [-0.25, -0.2) is 9.97 Å². The maximum atomic E-state index is 13.2. The molecule has 37 heavy (non-hydrogen) atoms. The highest BCUT2D eigenvalue weighted by Gasteiger charge is 2.49. The van der Waals surface area contributed by atoms with Crippen molar-refractivity contribution in [1.82, 2.24) is 24.7 Å². The van der Waals surface area contributed by atoms with Gasteiger partial charge in [0.2, 0.25) is 5.91 Å². The second-order valence-electron chi connectivity index (χ2n) is 12.0. The Balaban J connectivity index is 1.20. The van der Waals surface area contributed by atoms with Crippen molar-refractivity contribution in [2.75, 3.05) is 52.4 Å². The molecule has 0 saturated carbocycles. The maximum Gasteiger partial charge on any atom is 0.257 e. The summed E-state index contributed by atoms with van der Waals surface area (Å²) in [5.41, 5.74) is 2.63. The summed E-state index contributed by atoms with van der Waals surface area (Å²) in [5, 5.41) is 9.67. The van der Waals surface area contributed by atoms with Gasteiger partial charge in [0, 0.05) is 44.7 Å². The first-order valence-electron chi connectivity index (χ1n) is 13.4. The van der Waals surface area contributed by atoms with Crippen molar-refractivity contribution in [3.8, 4) is 0 Å². The lowest BCUT2D eigenvalue weighted by molar-refractivity contribution is -0.151. The average Bonchev–Trinajstić information content (AvgIpc) is 3.43. The Morgan fingerprint density at radius 3 is 2.14 bits per heavy atom. The lowest BCUT2D eigenvalue weighted by atomic mass is 9.70. The van der Waals surface area contributed by atoms with E-state index in [4.69, 9.17) is 0 Å². The molecule has 8 nitrogen and oxygen atoms in total. The monoisotopic (exact) mass is 505 g/mol. The summed E-state index contributed by atoms with van der Waals surface area (Å²) in [6.45, 7) is 13.2. The van der Waals surface area contributed by atoms with Gasteiger partial charge in [-0.1, -0.05) is 30.3 Å². The van der Waals surface area contributed by atoms with E-state index >= 15 is 0 Å². The summed E-state index contributed by atoms with van der Waals surface area (Å²) < 4.78 is 0. The third-order valence-corrected chi connectivity index (χ3v) is 8.83. The van der Waals surface area contributed by atoms with E-state index in [-0.39, 0.29) is 23.8 Å². The van der Waals surface area contributed by atoms with Crippen LogP contribution in [0.1, 0.15) is 47.6 Å². The molecule has 2 aromatic rings. The van der Waals surface area contributed by atoms with Crippen molar-refractivity contribution in [1.29, 1.82) is 0 Å². The van der Waals surface area contributed by atoms with E-state index in [1.54, 1.807) is 0 Å². The highest BCUT2D eigenvalue weighted by atomic mass is 16.3. The van der Waals surface area contributed by atoms with Crippen LogP contribution in [-0.4, -0.2) is 94.0 Å². The fraction of sp³-hybridized carbons (Fsp3) is 0.586. The number of aliphatic hydroxyl groups excluding tert-OH is 1. The van der Waals surface area contributed by atoms with Crippen LogP contribution in [0.15, 0.2) is 36.7 Å². The van der Waals surface area contributed by atoms with Gasteiger partial charge >= 0.3 is 0 Å². The number of amides is 2. The zero-order valence-electron chi connectivity index (χ0n) is 22.5. The van der Waals surface area contributed by atoms with Crippen molar-refractivity contribution in [3.63, 3.8) is 0 Å². The molecule has 198 valence electrons. The second-order valence-corrected chi connectivity index (χ2v) is 12.0. The predicted molar refractivity (Wildman–Crippen MR) is 141 cm³/mol. The third-order valence-electron chi connectivity index (χ3n) is 8.83. The number of hydrogen-bond donors (Lipinski definition) is 1. The summed E-state index contributed by atoms with van der Waals surface area (Å²) in [4.78, 5) is 41.1. The molecule has 4 heterocycles. The van der Waals surface area contributed by atoms with Gasteiger partial charge in [-0.15, -0.1) is 0 Å². The third kappa shape index (κ3) is 4.77. The Morgan fingerprint density at radius 2 is 1.57 bits per heavy atom. The molecule has 0 bridgehead atoms. The standard InChI is InChI=1S/C29H39N5O3/c1-20-25(21(2)31-19-30-20)26(36)33-14-22-12-32(13-23(22)15-33)11-10-29(24-8-6-5-7-9-24)16-34(17-29)27(37)28(3,4)18-35/h5-9,19,22-23,35H,10-18H2,1-4H3/t22-,23+. The molecule has 0 spiro atoms. The van der Waals surface area contributed by atoms with Crippen LogP contribution in [-0.2, 0) is 10.2 Å². The molecule has 0 aliphatic carbocycles. The number of hydrogen-bond acceptors (Lipinski definition) is 6. The molecule has 3 aliphatic rings. The molecule has 0 radical (unpaired) electrons. The fourth-order valence-electron chi connectivity index (χ4n) is 6.47. The van der Waals surface area contributed by atoms with E-state index in [1.807, 2.05) is 43.6 Å². The van der Waals surface area contributed by atoms with Crippen LogP contribution in [0.2, 0.25) is 0 Å². The van der Waals surface area contributed by atoms with Crippen LogP contribution in [0.25, 0.3) is 0 Å². The number of carbonyl (C=O) groups is 2. The number of aromatic nitrogens is 2. The molecular formula is C29H39N5O3. The number of nitrogens with zero attached hydrogens (tertiary/aromatic N) is 5. The van der Waals surface area contributed by atoms with Crippen LogP contribution in [0.4, 0.5) is 0 Å². The second kappa shape index (κ2) is 9.80. The molecule has 5 rings (SSSR count). The first-order chi connectivity index (χ1) is 17.6. The Labute approximate surface area is 219 Å². The molecule has 3 aliphatic heterocycles. The zero-order valence-corrected chi connectivity index (χ0v) is 22.5. The van der Waals surface area contributed by atoms with Gasteiger partial charge in [-0.05, 0) is 58.1 Å². The summed E-state index contributed by atoms with van der Waals surface area (Å²) in [7, 11) is 0. The zero-order chi connectivity index (χ0) is 26.4. The first-order valence-corrected chi connectivity index (χ1v) is 13.4. The van der Waals surface area contributed by atoms with Gasteiger partial charge in [0.15, 0.2) is 0 Å². The van der Waals surface area contributed by atoms with Gasteiger partial charge < -0.3 is 19.8 Å². The lowest BCUT2D eigenvalue weighted by Crippen LogP contribution is -2.64. The van der Waals surface area contributed by atoms with Crippen LogP contribution in [0.5, 0.6) is 0 Å². The van der Waals surface area contributed by atoms with E-state index in [1.165, 1.54) is 11.9 Å². The van der Waals surface area contributed by atoms with Gasteiger partial charge in [-0.3, -0.25) is 9.59 Å². The Bertz CT molecular complexity index is 1130. The van der Waals surface area contributed by atoms with Crippen LogP contribution in [0.3, 0.4) is 0 Å². The van der Waals surface area contributed by atoms with E-state index in [0.29, 0.717) is 30.5 Å². The molecular weight excluding hydrogens is 466 g/mol. The minimum Gasteiger partial charge on any atom is -0.395 e. The SMILES string of the molecule is Cc1ncnc(C)c1C(=O)N1C[C@H]2CN(CCC3(c4ccccc4)CN(C(=O)C(C)(C)CO)C3)C[C@H]2C1. The van der Waals surface area contributed by atoms with Crippen LogP contribution >= 0.6 is 0 Å². The number of rotatable bonds is 7. The molecule has 1 aromatic carbocycles. The molecule has 2 atom stereocenters. The topological polar surface area (TPSA) is 89.9 Å². The number of fused-ring (bicyclic) bond motifs is 1. The molecule has 3 saturated heterocycles. The predicted octanol–water partition coefficient (Wildman–Crippen LogP) is 2.29. The van der Waals surface area contributed by atoms with E-state index in [2.05, 4.69) is 39.1 Å². The number of aryl methyl sites for hydroxylation is 2. The fourth-order valence-corrected chi connectivity index (χ4v) is 6.47. The number of carbonyl (C=O) groups excluding carboxylic acids is 2. The van der Waals surface area contributed by atoms with Crippen molar-refractivity contribution < 1.29 is 14.7 Å². The lowest BCUT2D eigenvalue weighted by Gasteiger charge is -2.53. The Kier molecular flexibility index (Phi) is 6.83. The molecule has 1 aromatic heterocycles. The molecule has 1 N–H and O–H groups in total. The van der Waals surface area contributed by atoms with E-state index in [0.717, 1.165) is 50.5 Å². The largest absolute Gasteiger partial charge is 0.395 e. The minimum absolute atomic E-state index is 0.0244. The summed E-state index contributed by atoms with van der Waals surface area (Å²) in [6, 6.07) is 10.5. The normalized spacial score (nSPS) is 23.2. The first kappa shape index (κ1) is 25.8. The summed E-state index contributed by atoms with van der Waals surface area (Å²) in [6.07, 6.45) is 2.51. The highest BCUT2D eigenvalue weighted by Crippen LogP contribution is 2.41. The van der Waals surface area contributed by atoms with Crippen molar-refractivity contribution in [2.24, 2.45) is 17.3 Å². The average molecular weight is 506 g/mol. The quantitative estimate of drug-likeness (QED) is 0.621. The van der Waals surface area contributed by atoms with Gasteiger partial charge in [0.05, 0.1) is 29.0 Å². The summed E-state index contributed by atoms with van der Waals surface area (Å²) in [5.74, 6) is 1.07. The Morgan fingerprint density at radius 1 is 0.973 bits per heavy atom. The minimum atomic E-state index is -0.749. The maximum absolute atomic E-state index is 13.2. The number of likely N-dealkylation sites (tertiary alicyclic amines) is 3. The van der Waals surface area contributed by atoms with Crippen LogP contribution in [0, 0.1) is 31.1 Å². The Hall–Kier alpha value is -2.84. The number of benzene rings is 1.